The number of aryl methyl sites for hydroxylation is 1. The molecular weight excluding hydrogens is 542 g/mol. The number of benzene rings is 2. The summed E-state index contributed by atoms with van der Waals surface area (Å²) in [6, 6.07) is 15.1. The predicted molar refractivity (Wildman–Crippen MR) is 147 cm³/mol. The van der Waals surface area contributed by atoms with E-state index in [1.807, 2.05) is 24.3 Å². The maximum Gasteiger partial charge on any atom is 0.342 e. The number of aromatic nitrogens is 3. The number of imide groups is 1. The van der Waals surface area contributed by atoms with Gasteiger partial charge in [-0.1, -0.05) is 36.4 Å². The topological polar surface area (TPSA) is 187 Å². The van der Waals surface area contributed by atoms with E-state index < -0.39 is 46.1 Å². The molecule has 2 aliphatic heterocycles. The van der Waals surface area contributed by atoms with Crippen molar-refractivity contribution in [3.63, 3.8) is 0 Å². The summed E-state index contributed by atoms with van der Waals surface area (Å²) in [5.74, 6) is -4.95. The molecule has 2 aromatic heterocycles. The highest BCUT2D eigenvalue weighted by Crippen LogP contribution is 2.50. The minimum atomic E-state index is -1.89. The Bertz CT molecular complexity index is 1820. The fraction of sp³-hybridized carbons (Fsp3) is 0.276. The number of H-pyrrole nitrogens is 1. The van der Waals surface area contributed by atoms with Crippen molar-refractivity contribution >= 4 is 34.5 Å². The number of carbonyl (C=O) groups excluding carboxylic acids is 2. The van der Waals surface area contributed by atoms with Crippen LogP contribution in [0.3, 0.4) is 0 Å². The monoisotopic (exact) mass is 567 g/mol. The zero-order valence-electron chi connectivity index (χ0n) is 22.4. The maximum absolute atomic E-state index is 14.1. The number of aliphatic carboxylic acids is 1. The number of imidazole rings is 1. The molecule has 0 saturated carbocycles. The molecule has 0 aliphatic carbocycles. The van der Waals surface area contributed by atoms with Gasteiger partial charge in [0.2, 0.25) is 11.8 Å². The van der Waals surface area contributed by atoms with Crippen LogP contribution in [-0.2, 0) is 27.3 Å². The van der Waals surface area contributed by atoms with Crippen LogP contribution >= 0.6 is 0 Å². The smallest absolute Gasteiger partial charge is 0.342 e. The van der Waals surface area contributed by atoms with Crippen LogP contribution in [-0.4, -0.2) is 59.3 Å². The van der Waals surface area contributed by atoms with Crippen molar-refractivity contribution in [2.45, 2.75) is 31.5 Å². The zero-order chi connectivity index (χ0) is 29.8. The second kappa shape index (κ2) is 9.93. The Labute approximate surface area is 238 Å². The molecule has 6 rings (SSSR count). The van der Waals surface area contributed by atoms with E-state index in [1.54, 1.807) is 37.4 Å². The summed E-state index contributed by atoms with van der Waals surface area (Å²) in [6.45, 7) is 1.28. The number of carbonyl (C=O) groups is 3. The lowest BCUT2D eigenvalue weighted by molar-refractivity contribution is -0.392. The van der Waals surface area contributed by atoms with E-state index in [0.717, 1.165) is 22.0 Å². The summed E-state index contributed by atoms with van der Waals surface area (Å²) < 4.78 is 1.30. The van der Waals surface area contributed by atoms with E-state index in [1.165, 1.54) is 4.57 Å². The highest BCUT2D eigenvalue weighted by molar-refractivity contribution is 6.09. The normalized spacial score (nSPS) is 23.3. The molecule has 2 fully saturated rings. The molecule has 3 N–H and O–H groups in total. The van der Waals surface area contributed by atoms with E-state index >= 15 is 0 Å². The predicted octanol–water partition coefficient (Wildman–Crippen LogP) is 2.46. The fourth-order valence-electron chi connectivity index (χ4n) is 6.51. The Kier molecular flexibility index (Phi) is 6.35. The number of nitrogens with one attached hydrogen (secondary N) is 2. The van der Waals surface area contributed by atoms with Crippen molar-refractivity contribution in [3.05, 3.63) is 93.6 Å². The molecule has 2 aliphatic rings. The van der Waals surface area contributed by atoms with E-state index in [0.29, 0.717) is 17.0 Å². The lowest BCUT2D eigenvalue weighted by Crippen LogP contribution is -2.57. The number of amides is 2. The van der Waals surface area contributed by atoms with Crippen LogP contribution in [0.4, 0.5) is 5.82 Å². The van der Waals surface area contributed by atoms with Crippen molar-refractivity contribution in [3.8, 4) is 6.07 Å². The summed E-state index contributed by atoms with van der Waals surface area (Å²) in [5.41, 5.74) is 0.228. The number of nitriles is 1. The van der Waals surface area contributed by atoms with Gasteiger partial charge in [-0.15, -0.1) is 0 Å². The van der Waals surface area contributed by atoms with Crippen LogP contribution in [0.15, 0.2) is 60.9 Å². The molecule has 4 unspecified atom stereocenters. The van der Waals surface area contributed by atoms with Crippen molar-refractivity contribution in [2.24, 2.45) is 11.8 Å². The number of aromatic amines is 1. The van der Waals surface area contributed by atoms with Gasteiger partial charge in [0.05, 0.1) is 30.0 Å². The maximum atomic E-state index is 14.1. The van der Waals surface area contributed by atoms with Crippen LogP contribution in [0.1, 0.15) is 28.6 Å². The molecule has 4 atom stereocenters. The van der Waals surface area contributed by atoms with Gasteiger partial charge in [0.25, 0.3) is 0 Å². The van der Waals surface area contributed by atoms with Gasteiger partial charge >= 0.3 is 11.8 Å². The number of nitrogens with zero attached hydrogens (tertiary/aromatic N) is 5. The van der Waals surface area contributed by atoms with Gasteiger partial charge in [0, 0.05) is 36.5 Å². The van der Waals surface area contributed by atoms with Crippen LogP contribution < -0.4 is 5.32 Å². The quantitative estimate of drug-likeness (QED) is 0.163. The minimum absolute atomic E-state index is 0.0888. The van der Waals surface area contributed by atoms with Gasteiger partial charge in [0.1, 0.15) is 18.3 Å². The molecule has 212 valence electrons. The summed E-state index contributed by atoms with van der Waals surface area (Å²) in [6.07, 6.45) is 2.69. The number of hydrogen-bond acceptors (Lipinski definition) is 8. The Morgan fingerprint density at radius 1 is 1.17 bits per heavy atom. The Hall–Kier alpha value is -5.35. The third-order valence-corrected chi connectivity index (χ3v) is 8.46. The van der Waals surface area contributed by atoms with Gasteiger partial charge in [-0.2, -0.15) is 5.26 Å². The van der Waals surface area contributed by atoms with E-state index in [2.05, 4.69) is 21.4 Å². The molecule has 0 radical (unpaired) electrons. The van der Waals surface area contributed by atoms with Crippen LogP contribution in [0.25, 0.3) is 10.9 Å². The van der Waals surface area contributed by atoms with Crippen LogP contribution in [0, 0.1) is 40.2 Å². The molecule has 0 spiro atoms. The number of carboxylic acids is 1. The Balaban J connectivity index is 1.44. The summed E-state index contributed by atoms with van der Waals surface area (Å²) >= 11 is 0. The first-order valence-corrected chi connectivity index (χ1v) is 13.2. The van der Waals surface area contributed by atoms with E-state index in [4.69, 9.17) is 0 Å². The Morgan fingerprint density at radius 2 is 1.90 bits per heavy atom. The molecule has 0 bridgehead atoms. The van der Waals surface area contributed by atoms with Crippen molar-refractivity contribution in [2.75, 3.05) is 6.54 Å². The lowest BCUT2D eigenvalue weighted by atomic mass is 9.76. The average molecular weight is 568 g/mol. The number of rotatable bonds is 8. The van der Waals surface area contributed by atoms with Crippen LogP contribution in [0.2, 0.25) is 0 Å². The Morgan fingerprint density at radius 3 is 2.64 bits per heavy atom. The van der Waals surface area contributed by atoms with Crippen molar-refractivity contribution in [1.82, 2.24) is 24.8 Å². The van der Waals surface area contributed by atoms with Crippen molar-refractivity contribution in [1.29, 1.82) is 5.26 Å². The second-order valence-corrected chi connectivity index (χ2v) is 10.5. The van der Waals surface area contributed by atoms with E-state index in [9.17, 15) is 34.9 Å². The van der Waals surface area contributed by atoms with Gasteiger partial charge in [-0.05, 0) is 28.2 Å². The largest absolute Gasteiger partial charge is 0.480 e. The fourth-order valence-corrected chi connectivity index (χ4v) is 6.51. The summed E-state index contributed by atoms with van der Waals surface area (Å²) in [4.78, 5) is 60.3. The first-order valence-electron chi connectivity index (χ1n) is 13.2. The van der Waals surface area contributed by atoms with Gasteiger partial charge < -0.3 is 20.2 Å². The molecule has 4 aromatic rings. The molecule has 4 heterocycles. The number of carboxylic acid groups (broad SMARTS) is 1. The highest BCUT2D eigenvalue weighted by atomic mass is 16.6. The SMILES string of the molecule is Cc1ncc([N+](=O)[O-])n1CCN1C(=O)C2C(c3ccccc3C#N)NC(Cc3c[nH]c4ccccc34)(C(=O)O)C2C1=O. The zero-order valence-corrected chi connectivity index (χ0v) is 22.4. The number of nitro groups is 1. The van der Waals surface area contributed by atoms with Gasteiger partial charge in [0.15, 0.2) is 5.82 Å². The third kappa shape index (κ3) is 3.95. The number of hydrogen-bond donors (Lipinski definition) is 3. The molecule has 13 nitrogen and oxygen atoms in total. The summed E-state index contributed by atoms with van der Waals surface area (Å²) in [5, 5.41) is 36.0. The lowest BCUT2D eigenvalue weighted by Gasteiger charge is -2.31. The van der Waals surface area contributed by atoms with Crippen LogP contribution in [0.5, 0.6) is 0 Å². The molecular formula is C29H25N7O6. The molecule has 2 amide bonds. The third-order valence-electron chi connectivity index (χ3n) is 8.46. The van der Waals surface area contributed by atoms with Crippen molar-refractivity contribution < 1.29 is 24.4 Å². The number of fused-ring (bicyclic) bond motifs is 2. The molecule has 13 heteroatoms. The average Bonchev–Trinajstić information content (AvgIpc) is 3.71. The van der Waals surface area contributed by atoms with E-state index in [-0.39, 0.29) is 30.9 Å². The number of para-hydroxylation sites is 1. The standard InChI is InChI=1S/C29H25N7O6/c1-16-31-15-22(36(41)42)34(16)10-11-35-26(37)23-24(27(35)38)29(28(39)40,12-18-14-32-21-9-5-4-7-19(18)21)33-25(23)20-8-3-2-6-17(20)13-30/h2-9,14-15,23-25,32-33H,10-12H2,1H3,(H,39,40). The molecule has 2 saturated heterocycles. The summed E-state index contributed by atoms with van der Waals surface area (Å²) in [7, 11) is 0. The molecule has 2 aromatic carbocycles. The number of likely N-dealkylation sites (tertiary alicyclic amines) is 1. The minimum Gasteiger partial charge on any atom is -0.480 e. The second-order valence-electron chi connectivity index (χ2n) is 10.5. The van der Waals surface area contributed by atoms with Gasteiger partial charge in [-0.25, -0.2) is 9.55 Å². The molecule has 42 heavy (non-hydrogen) atoms. The van der Waals surface area contributed by atoms with Gasteiger partial charge in [-0.3, -0.25) is 24.6 Å². The highest BCUT2D eigenvalue weighted by Gasteiger charge is 2.68. The first-order chi connectivity index (χ1) is 20.2. The first kappa shape index (κ1) is 26.9.